The SMILES string of the molecule is COC(=O)CN(CC#Cc1ccccc1)C(C)C. The smallest absolute Gasteiger partial charge is 0.319 e. The van der Waals surface area contributed by atoms with Gasteiger partial charge in [0, 0.05) is 11.6 Å². The second kappa shape index (κ2) is 7.52. The summed E-state index contributed by atoms with van der Waals surface area (Å²) in [6.07, 6.45) is 0. The van der Waals surface area contributed by atoms with Crippen LogP contribution in [0.1, 0.15) is 19.4 Å². The lowest BCUT2D eigenvalue weighted by Crippen LogP contribution is -2.36. The largest absolute Gasteiger partial charge is 0.468 e. The first-order valence-electron chi connectivity index (χ1n) is 5.98. The minimum Gasteiger partial charge on any atom is -0.468 e. The van der Waals surface area contributed by atoms with Crippen molar-refractivity contribution in [1.29, 1.82) is 0 Å². The second-order valence-corrected chi connectivity index (χ2v) is 4.24. The normalized spacial score (nSPS) is 10.1. The van der Waals surface area contributed by atoms with Crippen molar-refractivity contribution in [2.75, 3.05) is 20.2 Å². The number of benzene rings is 1. The van der Waals surface area contributed by atoms with Gasteiger partial charge in [-0.2, -0.15) is 0 Å². The lowest BCUT2D eigenvalue weighted by Gasteiger charge is -2.22. The van der Waals surface area contributed by atoms with Crippen LogP contribution in [-0.2, 0) is 9.53 Å². The van der Waals surface area contributed by atoms with Gasteiger partial charge in [-0.05, 0) is 26.0 Å². The maximum absolute atomic E-state index is 11.2. The van der Waals surface area contributed by atoms with E-state index in [0.717, 1.165) is 5.56 Å². The summed E-state index contributed by atoms with van der Waals surface area (Å²) in [5, 5.41) is 0. The number of rotatable bonds is 4. The molecule has 0 saturated heterocycles. The molecule has 1 aromatic rings. The summed E-state index contributed by atoms with van der Waals surface area (Å²) >= 11 is 0. The van der Waals surface area contributed by atoms with E-state index in [0.29, 0.717) is 6.54 Å². The van der Waals surface area contributed by atoms with Crippen LogP contribution < -0.4 is 0 Å². The minimum atomic E-state index is -0.231. The molecule has 1 rings (SSSR count). The topological polar surface area (TPSA) is 29.5 Å². The van der Waals surface area contributed by atoms with Crippen molar-refractivity contribution in [3.63, 3.8) is 0 Å². The molecular weight excluding hydrogens is 226 g/mol. The van der Waals surface area contributed by atoms with Crippen molar-refractivity contribution in [1.82, 2.24) is 4.90 Å². The summed E-state index contributed by atoms with van der Waals surface area (Å²) < 4.78 is 4.67. The molecule has 0 aromatic heterocycles. The van der Waals surface area contributed by atoms with Crippen LogP contribution in [0, 0.1) is 11.8 Å². The Morgan fingerprint density at radius 1 is 1.33 bits per heavy atom. The van der Waals surface area contributed by atoms with Gasteiger partial charge >= 0.3 is 5.97 Å². The van der Waals surface area contributed by atoms with Crippen molar-refractivity contribution in [2.24, 2.45) is 0 Å². The number of esters is 1. The highest BCUT2D eigenvalue weighted by Crippen LogP contribution is 1.99. The van der Waals surface area contributed by atoms with Crippen molar-refractivity contribution in [3.8, 4) is 11.8 Å². The molecule has 0 unspecified atom stereocenters. The van der Waals surface area contributed by atoms with E-state index in [1.165, 1.54) is 7.11 Å². The molecule has 0 aliphatic rings. The van der Waals surface area contributed by atoms with Gasteiger partial charge in [0.05, 0.1) is 20.2 Å². The Hall–Kier alpha value is -1.79. The van der Waals surface area contributed by atoms with Gasteiger partial charge in [0.2, 0.25) is 0 Å². The molecule has 0 N–H and O–H groups in total. The quantitative estimate of drug-likeness (QED) is 0.599. The van der Waals surface area contributed by atoms with Crippen LogP contribution >= 0.6 is 0 Å². The first-order chi connectivity index (χ1) is 8.63. The van der Waals surface area contributed by atoms with Gasteiger partial charge < -0.3 is 4.74 Å². The number of hydrogen-bond donors (Lipinski definition) is 0. The third-order valence-electron chi connectivity index (χ3n) is 2.58. The Labute approximate surface area is 109 Å². The summed E-state index contributed by atoms with van der Waals surface area (Å²) in [6, 6.07) is 10.1. The average molecular weight is 245 g/mol. The monoisotopic (exact) mass is 245 g/mol. The molecule has 0 amide bonds. The lowest BCUT2D eigenvalue weighted by atomic mass is 10.2. The Kier molecular flexibility index (Phi) is 5.96. The van der Waals surface area contributed by atoms with Gasteiger partial charge in [0.1, 0.15) is 0 Å². The molecule has 96 valence electrons. The van der Waals surface area contributed by atoms with Crippen molar-refractivity contribution < 1.29 is 9.53 Å². The van der Waals surface area contributed by atoms with Crippen LogP contribution in [-0.4, -0.2) is 37.1 Å². The Bertz CT molecular complexity index is 429. The molecule has 18 heavy (non-hydrogen) atoms. The zero-order valence-electron chi connectivity index (χ0n) is 11.1. The molecule has 0 fully saturated rings. The first-order valence-corrected chi connectivity index (χ1v) is 5.98. The van der Waals surface area contributed by atoms with Gasteiger partial charge in [0.25, 0.3) is 0 Å². The molecule has 0 atom stereocenters. The van der Waals surface area contributed by atoms with E-state index in [1.54, 1.807) is 0 Å². The van der Waals surface area contributed by atoms with E-state index in [4.69, 9.17) is 0 Å². The molecule has 3 nitrogen and oxygen atoms in total. The number of ether oxygens (including phenoxy) is 1. The number of methoxy groups -OCH3 is 1. The van der Waals surface area contributed by atoms with Gasteiger partial charge in [-0.15, -0.1) is 0 Å². The zero-order valence-corrected chi connectivity index (χ0v) is 11.1. The van der Waals surface area contributed by atoms with E-state index in [9.17, 15) is 4.79 Å². The fourth-order valence-corrected chi connectivity index (χ4v) is 1.42. The second-order valence-electron chi connectivity index (χ2n) is 4.24. The third-order valence-corrected chi connectivity index (χ3v) is 2.58. The number of carbonyl (C=O) groups excluding carboxylic acids is 1. The van der Waals surface area contributed by atoms with Crippen molar-refractivity contribution in [3.05, 3.63) is 35.9 Å². The molecule has 0 heterocycles. The summed E-state index contributed by atoms with van der Waals surface area (Å²) in [7, 11) is 1.40. The van der Waals surface area contributed by atoms with Crippen molar-refractivity contribution >= 4 is 5.97 Å². The lowest BCUT2D eigenvalue weighted by molar-refractivity contribution is -0.142. The standard InChI is InChI=1S/C15H19NO2/c1-13(2)16(12-15(17)18-3)11-7-10-14-8-5-4-6-9-14/h4-6,8-9,13H,11-12H2,1-3H3. The summed E-state index contributed by atoms with van der Waals surface area (Å²) in [6.45, 7) is 4.90. The highest BCUT2D eigenvalue weighted by molar-refractivity contribution is 5.71. The number of hydrogen-bond acceptors (Lipinski definition) is 3. The molecule has 0 aliphatic heterocycles. The molecule has 0 spiro atoms. The van der Waals surface area contributed by atoms with Crippen LogP contribution in [0.25, 0.3) is 0 Å². The molecule has 0 radical (unpaired) electrons. The Balaban J connectivity index is 2.58. The van der Waals surface area contributed by atoms with Gasteiger partial charge in [-0.25, -0.2) is 0 Å². The van der Waals surface area contributed by atoms with Crippen LogP contribution in [0.15, 0.2) is 30.3 Å². The predicted molar refractivity (Wildman–Crippen MR) is 72.0 cm³/mol. The Morgan fingerprint density at radius 2 is 2.00 bits per heavy atom. The van der Waals surface area contributed by atoms with E-state index >= 15 is 0 Å². The molecule has 0 aliphatic carbocycles. The summed E-state index contributed by atoms with van der Waals surface area (Å²) in [4.78, 5) is 13.2. The first kappa shape index (κ1) is 14.3. The summed E-state index contributed by atoms with van der Waals surface area (Å²) in [5.41, 5.74) is 0.985. The van der Waals surface area contributed by atoms with Crippen molar-refractivity contribution in [2.45, 2.75) is 19.9 Å². The highest BCUT2D eigenvalue weighted by Gasteiger charge is 2.12. The molecule has 0 saturated carbocycles. The minimum absolute atomic E-state index is 0.231. The molecule has 0 bridgehead atoms. The maximum atomic E-state index is 11.2. The predicted octanol–water partition coefficient (Wildman–Crippen LogP) is 1.92. The highest BCUT2D eigenvalue weighted by atomic mass is 16.5. The van der Waals surface area contributed by atoms with E-state index in [1.807, 2.05) is 49.1 Å². The Morgan fingerprint density at radius 3 is 2.56 bits per heavy atom. The fraction of sp³-hybridized carbons (Fsp3) is 0.400. The number of carbonyl (C=O) groups is 1. The van der Waals surface area contributed by atoms with E-state index < -0.39 is 0 Å². The van der Waals surface area contributed by atoms with Crippen LogP contribution in [0.5, 0.6) is 0 Å². The zero-order chi connectivity index (χ0) is 13.4. The molecule has 1 aromatic carbocycles. The maximum Gasteiger partial charge on any atom is 0.319 e. The average Bonchev–Trinajstić information content (AvgIpc) is 2.38. The number of nitrogens with zero attached hydrogens (tertiary/aromatic N) is 1. The van der Waals surface area contributed by atoms with E-state index in [-0.39, 0.29) is 18.6 Å². The van der Waals surface area contributed by atoms with E-state index in [2.05, 4.69) is 16.6 Å². The van der Waals surface area contributed by atoms with Gasteiger partial charge in [-0.3, -0.25) is 9.69 Å². The summed E-state index contributed by atoms with van der Waals surface area (Å²) in [5.74, 6) is 5.93. The third kappa shape index (κ3) is 5.03. The van der Waals surface area contributed by atoms with Crippen LogP contribution in [0.3, 0.4) is 0 Å². The fourth-order valence-electron chi connectivity index (χ4n) is 1.42. The molecule has 3 heteroatoms. The van der Waals surface area contributed by atoms with Crippen LogP contribution in [0.4, 0.5) is 0 Å². The van der Waals surface area contributed by atoms with Crippen LogP contribution in [0.2, 0.25) is 0 Å². The van der Waals surface area contributed by atoms with Gasteiger partial charge in [0.15, 0.2) is 0 Å². The molecular formula is C15H19NO2. The van der Waals surface area contributed by atoms with Gasteiger partial charge in [-0.1, -0.05) is 30.0 Å².